The molecule has 0 saturated carbocycles. The molecule has 0 saturated heterocycles. The van der Waals surface area contributed by atoms with Crippen molar-refractivity contribution in [2.24, 2.45) is 0 Å². The molecule has 0 bridgehead atoms. The van der Waals surface area contributed by atoms with Crippen LogP contribution in [0.15, 0.2) is 5.16 Å². The molecule has 0 aliphatic heterocycles. The highest BCUT2D eigenvalue weighted by Crippen LogP contribution is 2.15. The van der Waals surface area contributed by atoms with E-state index in [2.05, 4.69) is 10.2 Å². The summed E-state index contributed by atoms with van der Waals surface area (Å²) in [5.74, 6) is -0.980. The van der Waals surface area contributed by atoms with Gasteiger partial charge in [0.25, 0.3) is 11.6 Å². The highest BCUT2D eigenvalue weighted by Gasteiger charge is 2.21. The highest BCUT2D eigenvalue weighted by molar-refractivity contribution is 7.86. The van der Waals surface area contributed by atoms with Crippen molar-refractivity contribution < 1.29 is 21.1 Å². The molecule has 0 aliphatic rings. The second-order valence-corrected chi connectivity index (χ2v) is 3.02. The zero-order valence-corrected chi connectivity index (χ0v) is 6.15. The van der Waals surface area contributed by atoms with Gasteiger partial charge in [-0.05, 0) is 0 Å². The van der Waals surface area contributed by atoms with E-state index in [1.807, 2.05) is 0 Å². The lowest BCUT2D eigenvalue weighted by molar-refractivity contribution is 0.140. The van der Waals surface area contributed by atoms with Gasteiger partial charge in [-0.3, -0.25) is 0 Å². The van der Waals surface area contributed by atoms with Crippen molar-refractivity contribution in [2.45, 2.75) is 11.6 Å². The summed E-state index contributed by atoms with van der Waals surface area (Å²) in [6, 6.07) is 0. The number of hydrogen-bond acceptors (Lipinski definition) is 4. The van der Waals surface area contributed by atoms with E-state index in [1.165, 1.54) is 4.98 Å². The summed E-state index contributed by atoms with van der Waals surface area (Å²) in [6.45, 7) is 0. The maximum atomic E-state index is 12.0. The van der Waals surface area contributed by atoms with Gasteiger partial charge in [-0.1, -0.05) is 3.89 Å². The van der Waals surface area contributed by atoms with Crippen LogP contribution in [0.1, 0.15) is 12.2 Å². The van der Waals surface area contributed by atoms with Crippen molar-refractivity contribution >= 4 is 10.2 Å². The van der Waals surface area contributed by atoms with Crippen molar-refractivity contribution in [3.63, 3.8) is 0 Å². The monoisotopic (exact) mass is 201 g/mol. The Morgan fingerprint density at radius 1 is 1.33 bits per heavy atom. The Labute approximate surface area is 64.8 Å². The van der Waals surface area contributed by atoms with Crippen LogP contribution in [0.3, 0.4) is 0 Å². The van der Waals surface area contributed by atoms with Crippen LogP contribution in [0, 0.1) is 0 Å². The average Bonchev–Trinajstić information content (AvgIpc) is 2.30. The number of H-pyrrole nitrogens is 1. The molecule has 0 fully saturated rings. The molecule has 1 N–H and O–H groups in total. The first-order chi connectivity index (χ1) is 5.41. The summed E-state index contributed by atoms with van der Waals surface area (Å²) in [5, 5.41) is 4.16. The summed E-state index contributed by atoms with van der Waals surface area (Å²) in [5.41, 5.74) is 0. The van der Waals surface area contributed by atoms with Gasteiger partial charge in [0.2, 0.25) is 0 Å². The minimum atomic E-state index is -5.08. The SMILES string of the molecule is O=S(=O)(F)c1nnc(C(F)F)[nH]1. The quantitative estimate of drug-likeness (QED) is 0.702. The normalized spacial score (nSPS) is 12.3. The summed E-state index contributed by atoms with van der Waals surface area (Å²) >= 11 is 0. The molecule has 5 nitrogen and oxygen atoms in total. The molecule has 1 rings (SSSR count). The Kier molecular flexibility index (Phi) is 2.04. The van der Waals surface area contributed by atoms with Gasteiger partial charge in [-0.2, -0.15) is 8.42 Å². The molecule has 0 amide bonds. The van der Waals surface area contributed by atoms with Gasteiger partial charge in [0.1, 0.15) is 0 Å². The van der Waals surface area contributed by atoms with Crippen LogP contribution in [-0.4, -0.2) is 23.6 Å². The first-order valence-electron chi connectivity index (χ1n) is 2.56. The molecule has 0 radical (unpaired) electrons. The van der Waals surface area contributed by atoms with E-state index < -0.39 is 27.6 Å². The van der Waals surface area contributed by atoms with Crippen LogP contribution in [0.5, 0.6) is 0 Å². The molecule has 1 aromatic rings. The van der Waals surface area contributed by atoms with Gasteiger partial charge in [-0.25, -0.2) is 8.78 Å². The van der Waals surface area contributed by atoms with Gasteiger partial charge in [0.05, 0.1) is 0 Å². The third-order valence-corrected chi connectivity index (χ3v) is 1.57. The van der Waals surface area contributed by atoms with Crippen molar-refractivity contribution in [3.8, 4) is 0 Å². The van der Waals surface area contributed by atoms with Crippen LogP contribution < -0.4 is 0 Å². The minimum absolute atomic E-state index is 0.980. The maximum Gasteiger partial charge on any atom is 0.368 e. The number of aromatic amines is 1. The van der Waals surface area contributed by atoms with E-state index in [0.29, 0.717) is 0 Å². The standard InChI is InChI=1S/C3H2F3N3O2S/c4-1(5)2-7-3(9-8-2)12(6,10)11/h1H,(H,7,8,9). The summed E-state index contributed by atoms with van der Waals surface area (Å²) in [4.78, 5) is 1.52. The van der Waals surface area contributed by atoms with Gasteiger partial charge in [0.15, 0.2) is 5.82 Å². The van der Waals surface area contributed by atoms with E-state index in [0.717, 1.165) is 0 Å². The molecule has 0 aromatic carbocycles. The third kappa shape index (κ3) is 1.72. The van der Waals surface area contributed by atoms with Crippen LogP contribution in [0.2, 0.25) is 0 Å². The highest BCUT2D eigenvalue weighted by atomic mass is 32.3. The summed E-state index contributed by atoms with van der Waals surface area (Å²) in [6.07, 6.45) is -3.01. The van der Waals surface area contributed by atoms with E-state index in [4.69, 9.17) is 0 Å². The fraction of sp³-hybridized carbons (Fsp3) is 0.333. The lowest BCUT2D eigenvalue weighted by Gasteiger charge is -1.87. The van der Waals surface area contributed by atoms with Crippen molar-refractivity contribution in [1.82, 2.24) is 15.2 Å². The number of halogens is 3. The zero-order chi connectivity index (χ0) is 9.35. The Bertz CT molecular complexity index is 372. The molecule has 12 heavy (non-hydrogen) atoms. The first kappa shape index (κ1) is 8.97. The average molecular weight is 201 g/mol. The molecule has 0 spiro atoms. The Hall–Kier alpha value is -1.12. The zero-order valence-electron chi connectivity index (χ0n) is 5.33. The van der Waals surface area contributed by atoms with Crippen LogP contribution in [0.25, 0.3) is 0 Å². The van der Waals surface area contributed by atoms with Crippen LogP contribution in [-0.2, 0) is 10.2 Å². The van der Waals surface area contributed by atoms with Gasteiger partial charge < -0.3 is 4.98 Å². The van der Waals surface area contributed by atoms with Gasteiger partial charge >= 0.3 is 10.2 Å². The number of nitrogens with zero attached hydrogens (tertiary/aromatic N) is 2. The molecule has 68 valence electrons. The van der Waals surface area contributed by atoms with E-state index in [1.54, 1.807) is 0 Å². The van der Waals surface area contributed by atoms with E-state index in [-0.39, 0.29) is 0 Å². The van der Waals surface area contributed by atoms with Crippen molar-refractivity contribution in [3.05, 3.63) is 5.82 Å². The molecule has 1 heterocycles. The molecule has 9 heteroatoms. The molecule has 0 atom stereocenters. The van der Waals surface area contributed by atoms with Crippen molar-refractivity contribution in [1.29, 1.82) is 0 Å². The first-order valence-corrected chi connectivity index (χ1v) is 3.95. The predicted molar refractivity (Wildman–Crippen MR) is 29.6 cm³/mol. The fourth-order valence-corrected chi connectivity index (χ4v) is 0.832. The smallest absolute Gasteiger partial charge is 0.309 e. The molecular formula is C3H2F3N3O2S. The Balaban J connectivity index is 3.09. The maximum absolute atomic E-state index is 12.0. The molecule has 0 aliphatic carbocycles. The second kappa shape index (κ2) is 2.73. The molecular weight excluding hydrogens is 199 g/mol. The number of aromatic nitrogens is 3. The summed E-state index contributed by atoms with van der Waals surface area (Å²) < 4.78 is 55.5. The van der Waals surface area contributed by atoms with Gasteiger partial charge in [-0.15, -0.1) is 10.2 Å². The number of nitrogens with one attached hydrogen (secondary N) is 1. The number of rotatable bonds is 2. The van der Waals surface area contributed by atoms with E-state index >= 15 is 0 Å². The third-order valence-electron chi connectivity index (χ3n) is 0.921. The van der Waals surface area contributed by atoms with Crippen molar-refractivity contribution in [2.75, 3.05) is 0 Å². The number of alkyl halides is 2. The largest absolute Gasteiger partial charge is 0.368 e. The molecule has 1 aromatic heterocycles. The topological polar surface area (TPSA) is 75.7 Å². The Morgan fingerprint density at radius 2 is 1.92 bits per heavy atom. The van der Waals surface area contributed by atoms with Crippen LogP contribution >= 0.6 is 0 Å². The van der Waals surface area contributed by atoms with Gasteiger partial charge in [0, 0.05) is 0 Å². The van der Waals surface area contributed by atoms with Crippen LogP contribution in [0.4, 0.5) is 12.7 Å². The molecule has 0 unspecified atom stereocenters. The predicted octanol–water partition coefficient (Wildman–Crippen LogP) is 0.401. The fourth-order valence-electron chi connectivity index (χ4n) is 0.467. The van der Waals surface area contributed by atoms with E-state index in [9.17, 15) is 21.1 Å². The second-order valence-electron chi connectivity index (χ2n) is 1.75. The lowest BCUT2D eigenvalue weighted by atomic mass is 10.7. The minimum Gasteiger partial charge on any atom is -0.309 e. The number of hydrogen-bond donors (Lipinski definition) is 1. The summed E-state index contributed by atoms with van der Waals surface area (Å²) in [7, 11) is -5.08. The Morgan fingerprint density at radius 3 is 2.17 bits per heavy atom. The lowest BCUT2D eigenvalue weighted by Crippen LogP contribution is -1.94.